The van der Waals surface area contributed by atoms with Crippen molar-refractivity contribution in [1.29, 1.82) is 0 Å². The number of amides is 2. The van der Waals surface area contributed by atoms with Crippen molar-refractivity contribution in [2.75, 3.05) is 0 Å². The van der Waals surface area contributed by atoms with Crippen LogP contribution in [0.5, 0.6) is 0 Å². The SMILES string of the molecule is Cc1ccc(CNC(=O)NC(C)C(=O)O)cn1. The molecule has 17 heavy (non-hydrogen) atoms. The highest BCUT2D eigenvalue weighted by Gasteiger charge is 2.13. The number of hydrogen-bond acceptors (Lipinski definition) is 3. The molecule has 92 valence electrons. The van der Waals surface area contributed by atoms with Gasteiger partial charge in [0.05, 0.1) is 0 Å². The van der Waals surface area contributed by atoms with Gasteiger partial charge in [0.25, 0.3) is 0 Å². The van der Waals surface area contributed by atoms with Crippen LogP contribution in [-0.2, 0) is 11.3 Å². The highest BCUT2D eigenvalue weighted by molar-refractivity contribution is 5.82. The first-order valence-corrected chi connectivity index (χ1v) is 5.17. The van der Waals surface area contributed by atoms with E-state index in [1.54, 1.807) is 6.20 Å². The lowest BCUT2D eigenvalue weighted by molar-refractivity contribution is -0.138. The number of carbonyl (C=O) groups is 2. The van der Waals surface area contributed by atoms with Crippen LogP contribution in [0, 0.1) is 6.92 Å². The van der Waals surface area contributed by atoms with Crippen molar-refractivity contribution in [2.45, 2.75) is 26.4 Å². The minimum Gasteiger partial charge on any atom is -0.480 e. The second-order valence-corrected chi connectivity index (χ2v) is 3.69. The number of aromatic nitrogens is 1. The van der Waals surface area contributed by atoms with Gasteiger partial charge in [-0.3, -0.25) is 9.78 Å². The predicted octanol–water partition coefficient (Wildman–Crippen LogP) is 0.662. The van der Waals surface area contributed by atoms with Crippen molar-refractivity contribution >= 4 is 12.0 Å². The van der Waals surface area contributed by atoms with Gasteiger partial charge in [0, 0.05) is 18.4 Å². The third-order valence-electron chi connectivity index (χ3n) is 2.14. The molecule has 0 aromatic carbocycles. The second-order valence-electron chi connectivity index (χ2n) is 3.69. The number of aliphatic carboxylic acids is 1. The maximum Gasteiger partial charge on any atom is 0.325 e. The van der Waals surface area contributed by atoms with Crippen LogP contribution in [0.15, 0.2) is 18.3 Å². The summed E-state index contributed by atoms with van der Waals surface area (Å²) in [6.07, 6.45) is 1.66. The normalized spacial score (nSPS) is 11.6. The van der Waals surface area contributed by atoms with Gasteiger partial charge in [0.1, 0.15) is 6.04 Å². The number of rotatable bonds is 4. The molecule has 0 aliphatic carbocycles. The molecule has 0 saturated carbocycles. The van der Waals surface area contributed by atoms with Gasteiger partial charge in [-0.25, -0.2) is 4.79 Å². The van der Waals surface area contributed by atoms with Gasteiger partial charge in [-0.2, -0.15) is 0 Å². The Balaban J connectivity index is 2.38. The molecule has 3 N–H and O–H groups in total. The van der Waals surface area contributed by atoms with E-state index in [2.05, 4.69) is 15.6 Å². The third kappa shape index (κ3) is 4.50. The average Bonchev–Trinajstić information content (AvgIpc) is 2.28. The van der Waals surface area contributed by atoms with E-state index >= 15 is 0 Å². The molecule has 1 unspecified atom stereocenters. The van der Waals surface area contributed by atoms with Crippen LogP contribution in [0.25, 0.3) is 0 Å². The summed E-state index contributed by atoms with van der Waals surface area (Å²) >= 11 is 0. The number of hydrogen-bond donors (Lipinski definition) is 3. The first kappa shape index (κ1) is 13.0. The van der Waals surface area contributed by atoms with Crippen LogP contribution in [0.4, 0.5) is 4.79 Å². The zero-order valence-corrected chi connectivity index (χ0v) is 9.73. The molecule has 6 nitrogen and oxygen atoms in total. The van der Waals surface area contributed by atoms with Crippen LogP contribution in [0.3, 0.4) is 0 Å². The van der Waals surface area contributed by atoms with Gasteiger partial charge in [-0.1, -0.05) is 6.07 Å². The van der Waals surface area contributed by atoms with Crippen molar-refractivity contribution in [1.82, 2.24) is 15.6 Å². The van der Waals surface area contributed by atoms with E-state index < -0.39 is 18.0 Å². The van der Waals surface area contributed by atoms with Crippen molar-refractivity contribution in [3.8, 4) is 0 Å². The van der Waals surface area contributed by atoms with Gasteiger partial charge >= 0.3 is 12.0 Å². The molecule has 0 fully saturated rings. The average molecular weight is 237 g/mol. The number of pyridine rings is 1. The number of nitrogens with zero attached hydrogens (tertiary/aromatic N) is 1. The monoisotopic (exact) mass is 237 g/mol. The van der Waals surface area contributed by atoms with E-state index in [1.165, 1.54) is 6.92 Å². The summed E-state index contributed by atoms with van der Waals surface area (Å²) in [5.74, 6) is -1.07. The molecular formula is C11H15N3O3. The maximum atomic E-state index is 11.3. The molecule has 0 saturated heterocycles. The van der Waals surface area contributed by atoms with E-state index in [9.17, 15) is 9.59 Å². The fourth-order valence-electron chi connectivity index (χ4n) is 1.09. The summed E-state index contributed by atoms with van der Waals surface area (Å²) in [7, 11) is 0. The highest BCUT2D eigenvalue weighted by atomic mass is 16.4. The van der Waals surface area contributed by atoms with Gasteiger partial charge in [0.2, 0.25) is 0 Å². The van der Waals surface area contributed by atoms with Gasteiger partial charge in [-0.05, 0) is 25.5 Å². The lowest BCUT2D eigenvalue weighted by Crippen LogP contribution is -2.44. The first-order chi connectivity index (χ1) is 7.99. The Bertz CT molecular complexity index is 403. The number of aryl methyl sites for hydroxylation is 1. The van der Waals surface area contributed by atoms with E-state index in [0.29, 0.717) is 6.54 Å². The largest absolute Gasteiger partial charge is 0.480 e. The lowest BCUT2D eigenvalue weighted by Gasteiger charge is -2.10. The Morgan fingerprint density at radius 1 is 1.47 bits per heavy atom. The van der Waals surface area contributed by atoms with Crippen LogP contribution in [0.1, 0.15) is 18.2 Å². The highest BCUT2D eigenvalue weighted by Crippen LogP contribution is 1.98. The number of nitrogens with one attached hydrogen (secondary N) is 2. The molecule has 1 atom stereocenters. The Hall–Kier alpha value is -2.11. The molecule has 1 heterocycles. The molecule has 0 bridgehead atoms. The van der Waals surface area contributed by atoms with Crippen LogP contribution in [0.2, 0.25) is 0 Å². The minimum absolute atomic E-state index is 0.311. The molecule has 0 aliphatic heterocycles. The smallest absolute Gasteiger partial charge is 0.325 e. The van der Waals surface area contributed by atoms with Crippen molar-refractivity contribution < 1.29 is 14.7 Å². The number of carboxylic acid groups (broad SMARTS) is 1. The summed E-state index contributed by atoms with van der Waals surface area (Å²) in [4.78, 5) is 25.9. The van der Waals surface area contributed by atoms with Crippen LogP contribution in [-0.4, -0.2) is 28.1 Å². The van der Waals surface area contributed by atoms with E-state index in [1.807, 2.05) is 19.1 Å². The van der Waals surface area contributed by atoms with Crippen molar-refractivity contribution in [3.63, 3.8) is 0 Å². The van der Waals surface area contributed by atoms with E-state index in [0.717, 1.165) is 11.3 Å². The fraction of sp³-hybridized carbons (Fsp3) is 0.364. The van der Waals surface area contributed by atoms with Crippen LogP contribution >= 0.6 is 0 Å². The molecule has 1 rings (SSSR count). The molecule has 6 heteroatoms. The summed E-state index contributed by atoms with van der Waals surface area (Å²) in [6.45, 7) is 3.58. The van der Waals surface area contributed by atoms with E-state index in [-0.39, 0.29) is 0 Å². The fourth-order valence-corrected chi connectivity index (χ4v) is 1.09. The van der Waals surface area contributed by atoms with Gasteiger partial charge < -0.3 is 15.7 Å². The number of carboxylic acids is 1. The minimum atomic E-state index is -1.07. The Morgan fingerprint density at radius 3 is 2.71 bits per heavy atom. The molecule has 0 aliphatic rings. The Morgan fingerprint density at radius 2 is 2.18 bits per heavy atom. The zero-order chi connectivity index (χ0) is 12.8. The summed E-state index contributed by atoms with van der Waals surface area (Å²) in [5, 5.41) is 13.4. The van der Waals surface area contributed by atoms with Crippen molar-refractivity contribution in [3.05, 3.63) is 29.6 Å². The molecule has 1 aromatic rings. The maximum absolute atomic E-state index is 11.3. The molecular weight excluding hydrogens is 222 g/mol. The third-order valence-corrected chi connectivity index (χ3v) is 2.14. The Labute approximate surface area is 99.1 Å². The lowest BCUT2D eigenvalue weighted by atomic mass is 10.2. The molecule has 0 radical (unpaired) electrons. The van der Waals surface area contributed by atoms with Crippen molar-refractivity contribution in [2.24, 2.45) is 0 Å². The second kappa shape index (κ2) is 5.83. The Kier molecular flexibility index (Phi) is 4.45. The van der Waals surface area contributed by atoms with Gasteiger partial charge in [-0.15, -0.1) is 0 Å². The van der Waals surface area contributed by atoms with Gasteiger partial charge in [0.15, 0.2) is 0 Å². The summed E-state index contributed by atoms with van der Waals surface area (Å²) in [5.41, 5.74) is 1.76. The summed E-state index contributed by atoms with van der Waals surface area (Å²) < 4.78 is 0. The topological polar surface area (TPSA) is 91.3 Å². The zero-order valence-electron chi connectivity index (χ0n) is 9.73. The first-order valence-electron chi connectivity index (χ1n) is 5.17. The predicted molar refractivity (Wildman–Crippen MR) is 61.4 cm³/mol. The molecule has 0 spiro atoms. The van der Waals surface area contributed by atoms with Crippen LogP contribution < -0.4 is 10.6 Å². The quantitative estimate of drug-likeness (QED) is 0.717. The standard InChI is InChI=1S/C11H15N3O3/c1-7-3-4-9(5-12-7)6-13-11(17)14-8(2)10(15)16/h3-5,8H,6H2,1-2H3,(H,15,16)(H2,13,14,17). The summed E-state index contributed by atoms with van der Waals surface area (Å²) in [6, 6.07) is 2.27. The molecule has 1 aromatic heterocycles. The molecule has 2 amide bonds. The number of urea groups is 1. The van der Waals surface area contributed by atoms with E-state index in [4.69, 9.17) is 5.11 Å². The number of carbonyl (C=O) groups excluding carboxylic acids is 1.